The second-order valence-electron chi connectivity index (χ2n) is 6.15. The number of nitrogens with one attached hydrogen (secondary N) is 1. The van der Waals surface area contributed by atoms with Crippen LogP contribution in [-0.4, -0.2) is 29.8 Å². The molecular weight excluding hydrogens is 226 g/mol. The van der Waals surface area contributed by atoms with Gasteiger partial charge in [-0.1, -0.05) is 20.8 Å². The molecule has 4 heteroatoms. The molecule has 18 heavy (non-hydrogen) atoms. The Kier molecular flexibility index (Phi) is 5.20. The number of aromatic nitrogens is 2. The molecule has 0 aromatic carbocycles. The zero-order valence-electron chi connectivity index (χ0n) is 12.6. The van der Waals surface area contributed by atoms with Crippen molar-refractivity contribution in [2.24, 2.45) is 5.41 Å². The quantitative estimate of drug-likeness (QED) is 0.846. The minimum atomic E-state index is 0.299. The van der Waals surface area contributed by atoms with Crippen molar-refractivity contribution in [3.8, 4) is 0 Å². The van der Waals surface area contributed by atoms with E-state index in [1.807, 2.05) is 6.92 Å². The molecule has 1 heterocycles. The molecule has 1 aromatic rings. The second kappa shape index (κ2) is 6.23. The van der Waals surface area contributed by atoms with Gasteiger partial charge in [-0.2, -0.15) is 0 Å². The molecule has 0 aliphatic rings. The molecule has 0 aliphatic heterocycles. The summed E-state index contributed by atoms with van der Waals surface area (Å²) >= 11 is 0. The van der Waals surface area contributed by atoms with Gasteiger partial charge in [0, 0.05) is 19.9 Å². The Hall–Kier alpha value is -1.03. The van der Waals surface area contributed by atoms with E-state index in [0.717, 1.165) is 24.6 Å². The standard InChI is InChI=1S/C14H27N3O/c1-11-9-17(12(2)10-18-6)13(16-11)15-8-7-14(3,4)5/h9,12H,7-8,10H2,1-6H3,(H,15,16). The van der Waals surface area contributed by atoms with Crippen LogP contribution in [0.3, 0.4) is 0 Å². The Morgan fingerprint density at radius 3 is 2.67 bits per heavy atom. The summed E-state index contributed by atoms with van der Waals surface area (Å²) < 4.78 is 7.36. The topological polar surface area (TPSA) is 39.1 Å². The number of imidazole rings is 1. The van der Waals surface area contributed by atoms with Gasteiger partial charge >= 0.3 is 0 Å². The van der Waals surface area contributed by atoms with Crippen LogP contribution in [0.5, 0.6) is 0 Å². The lowest BCUT2D eigenvalue weighted by atomic mass is 9.92. The molecule has 0 fully saturated rings. The summed E-state index contributed by atoms with van der Waals surface area (Å²) in [6.07, 6.45) is 3.20. The van der Waals surface area contributed by atoms with Crippen molar-refractivity contribution >= 4 is 5.95 Å². The van der Waals surface area contributed by atoms with E-state index in [-0.39, 0.29) is 0 Å². The van der Waals surface area contributed by atoms with E-state index in [1.165, 1.54) is 0 Å². The summed E-state index contributed by atoms with van der Waals surface area (Å²) in [4.78, 5) is 4.53. The smallest absolute Gasteiger partial charge is 0.203 e. The molecule has 1 aromatic heterocycles. The van der Waals surface area contributed by atoms with Gasteiger partial charge in [-0.25, -0.2) is 4.98 Å². The van der Waals surface area contributed by atoms with E-state index in [9.17, 15) is 0 Å². The van der Waals surface area contributed by atoms with Crippen molar-refractivity contribution in [2.45, 2.75) is 47.1 Å². The Morgan fingerprint density at radius 1 is 1.44 bits per heavy atom. The lowest BCUT2D eigenvalue weighted by molar-refractivity contribution is 0.163. The van der Waals surface area contributed by atoms with Crippen molar-refractivity contribution in [1.82, 2.24) is 9.55 Å². The summed E-state index contributed by atoms with van der Waals surface area (Å²) in [5, 5.41) is 3.43. The first kappa shape index (κ1) is 15.0. The second-order valence-corrected chi connectivity index (χ2v) is 6.15. The molecule has 1 N–H and O–H groups in total. The van der Waals surface area contributed by atoms with Crippen LogP contribution in [0.15, 0.2) is 6.20 Å². The molecular formula is C14H27N3O. The van der Waals surface area contributed by atoms with Crippen LogP contribution in [0.4, 0.5) is 5.95 Å². The molecule has 1 rings (SSSR count). The average Bonchev–Trinajstić information content (AvgIpc) is 2.58. The third-order valence-corrected chi connectivity index (χ3v) is 2.89. The number of rotatable bonds is 6. The minimum absolute atomic E-state index is 0.299. The highest BCUT2D eigenvalue weighted by atomic mass is 16.5. The normalized spacial score (nSPS) is 13.7. The van der Waals surface area contributed by atoms with Gasteiger partial charge in [-0.3, -0.25) is 0 Å². The Balaban J connectivity index is 2.64. The molecule has 1 atom stereocenters. The third kappa shape index (κ3) is 4.69. The Labute approximate surface area is 111 Å². The van der Waals surface area contributed by atoms with Gasteiger partial charge in [0.15, 0.2) is 0 Å². The van der Waals surface area contributed by atoms with E-state index in [2.05, 4.69) is 48.8 Å². The van der Waals surface area contributed by atoms with Crippen molar-refractivity contribution in [2.75, 3.05) is 25.6 Å². The first-order valence-corrected chi connectivity index (χ1v) is 6.62. The molecule has 104 valence electrons. The summed E-state index contributed by atoms with van der Waals surface area (Å²) in [6, 6.07) is 0.299. The van der Waals surface area contributed by atoms with Crippen LogP contribution >= 0.6 is 0 Å². The summed E-state index contributed by atoms with van der Waals surface area (Å²) in [7, 11) is 1.73. The zero-order valence-corrected chi connectivity index (χ0v) is 12.6. The molecule has 1 unspecified atom stereocenters. The maximum absolute atomic E-state index is 5.20. The van der Waals surface area contributed by atoms with E-state index >= 15 is 0 Å². The molecule has 0 aliphatic carbocycles. The van der Waals surface area contributed by atoms with E-state index in [1.54, 1.807) is 7.11 Å². The van der Waals surface area contributed by atoms with Gasteiger partial charge in [0.05, 0.1) is 18.3 Å². The van der Waals surface area contributed by atoms with Gasteiger partial charge < -0.3 is 14.6 Å². The number of anilines is 1. The van der Waals surface area contributed by atoms with E-state index in [0.29, 0.717) is 18.1 Å². The van der Waals surface area contributed by atoms with Crippen molar-refractivity contribution < 1.29 is 4.74 Å². The Bertz CT molecular complexity index is 366. The number of aryl methyl sites for hydroxylation is 1. The number of hydrogen-bond donors (Lipinski definition) is 1. The molecule has 4 nitrogen and oxygen atoms in total. The highest BCUT2D eigenvalue weighted by Gasteiger charge is 2.13. The molecule has 0 amide bonds. The first-order chi connectivity index (χ1) is 8.33. The van der Waals surface area contributed by atoms with E-state index < -0.39 is 0 Å². The van der Waals surface area contributed by atoms with Crippen molar-refractivity contribution in [3.63, 3.8) is 0 Å². The summed E-state index contributed by atoms with van der Waals surface area (Å²) in [5.74, 6) is 0.946. The van der Waals surface area contributed by atoms with Crippen LogP contribution in [0, 0.1) is 12.3 Å². The highest BCUT2D eigenvalue weighted by Crippen LogP contribution is 2.20. The van der Waals surface area contributed by atoms with Gasteiger partial charge in [0.1, 0.15) is 0 Å². The predicted molar refractivity (Wildman–Crippen MR) is 76.1 cm³/mol. The van der Waals surface area contributed by atoms with Crippen LogP contribution in [0.2, 0.25) is 0 Å². The molecule has 0 saturated carbocycles. The van der Waals surface area contributed by atoms with Gasteiger partial charge in [-0.15, -0.1) is 0 Å². The molecule has 0 bridgehead atoms. The van der Waals surface area contributed by atoms with Crippen LogP contribution in [-0.2, 0) is 4.74 Å². The summed E-state index contributed by atoms with van der Waals surface area (Å²) in [6.45, 7) is 12.5. The van der Waals surface area contributed by atoms with Crippen LogP contribution < -0.4 is 5.32 Å². The average molecular weight is 253 g/mol. The third-order valence-electron chi connectivity index (χ3n) is 2.89. The predicted octanol–water partition coefficient (Wildman–Crippen LogP) is 3.25. The number of hydrogen-bond acceptors (Lipinski definition) is 3. The molecule has 0 saturated heterocycles. The Morgan fingerprint density at radius 2 is 2.11 bits per heavy atom. The fourth-order valence-electron chi connectivity index (χ4n) is 1.85. The monoisotopic (exact) mass is 253 g/mol. The van der Waals surface area contributed by atoms with Crippen LogP contribution in [0.1, 0.15) is 45.9 Å². The summed E-state index contributed by atoms with van der Waals surface area (Å²) in [5.41, 5.74) is 1.38. The van der Waals surface area contributed by atoms with Gasteiger partial charge in [0.2, 0.25) is 5.95 Å². The van der Waals surface area contributed by atoms with Crippen molar-refractivity contribution in [3.05, 3.63) is 11.9 Å². The number of ether oxygens (including phenoxy) is 1. The number of methoxy groups -OCH3 is 1. The maximum Gasteiger partial charge on any atom is 0.203 e. The van der Waals surface area contributed by atoms with Gasteiger partial charge in [-0.05, 0) is 25.7 Å². The fraction of sp³-hybridized carbons (Fsp3) is 0.786. The lowest BCUT2D eigenvalue weighted by Gasteiger charge is -2.20. The lowest BCUT2D eigenvalue weighted by Crippen LogP contribution is -2.17. The van der Waals surface area contributed by atoms with Gasteiger partial charge in [0.25, 0.3) is 0 Å². The zero-order chi connectivity index (χ0) is 13.8. The van der Waals surface area contributed by atoms with Crippen molar-refractivity contribution in [1.29, 1.82) is 0 Å². The maximum atomic E-state index is 5.20. The largest absolute Gasteiger partial charge is 0.383 e. The SMILES string of the molecule is COCC(C)n1cc(C)nc1NCCC(C)(C)C. The minimum Gasteiger partial charge on any atom is -0.383 e. The van der Waals surface area contributed by atoms with E-state index in [4.69, 9.17) is 4.74 Å². The fourth-order valence-corrected chi connectivity index (χ4v) is 1.85. The first-order valence-electron chi connectivity index (χ1n) is 6.62. The highest BCUT2D eigenvalue weighted by molar-refractivity contribution is 5.29. The molecule has 0 spiro atoms. The molecule has 0 radical (unpaired) electrons. The van der Waals surface area contributed by atoms with Crippen LogP contribution in [0.25, 0.3) is 0 Å². The number of nitrogens with zero attached hydrogens (tertiary/aromatic N) is 2.